The van der Waals surface area contributed by atoms with Gasteiger partial charge in [0.05, 0.1) is 0 Å². The van der Waals surface area contributed by atoms with Gasteiger partial charge >= 0.3 is 126 Å². The second-order valence-corrected chi connectivity index (χ2v) is 7.81. The molecule has 0 heterocycles. The standard InChI is InChI=1S/3C4H9O2.Bi/c3*1-3-6-4(2)5;/h3*4H,3H2,1-2H3;/q3*-1;+3. The van der Waals surface area contributed by atoms with Crippen LogP contribution >= 0.6 is 0 Å². The van der Waals surface area contributed by atoms with Crippen molar-refractivity contribution in [2.75, 3.05) is 19.8 Å². The summed E-state index contributed by atoms with van der Waals surface area (Å²) in [5, 5.41) is 0. The SMILES string of the molecule is CCOC(C)[O][Bi]([O]C(C)OCC)[O]C(C)OCC. The molecule has 0 amide bonds. The molecule has 0 aromatic carbocycles. The van der Waals surface area contributed by atoms with Crippen molar-refractivity contribution in [2.45, 2.75) is 60.4 Å². The maximum absolute atomic E-state index is 5.70. The zero-order valence-electron chi connectivity index (χ0n) is 12.8. The van der Waals surface area contributed by atoms with Crippen LogP contribution in [0.1, 0.15) is 41.5 Å². The van der Waals surface area contributed by atoms with Gasteiger partial charge in [0.1, 0.15) is 0 Å². The molecule has 6 nitrogen and oxygen atoms in total. The summed E-state index contributed by atoms with van der Waals surface area (Å²) in [4.78, 5) is 0. The Morgan fingerprint density at radius 1 is 0.632 bits per heavy atom. The molecule has 0 aliphatic rings. The second-order valence-electron chi connectivity index (χ2n) is 3.61. The van der Waals surface area contributed by atoms with Crippen molar-refractivity contribution >= 4 is 23.1 Å². The summed E-state index contributed by atoms with van der Waals surface area (Å²) in [7, 11) is 0. The van der Waals surface area contributed by atoms with Crippen LogP contribution in [0.15, 0.2) is 0 Å². The molecule has 0 N–H and O–H groups in total. The Morgan fingerprint density at radius 2 is 0.895 bits per heavy atom. The van der Waals surface area contributed by atoms with E-state index < -0.39 is 23.1 Å². The van der Waals surface area contributed by atoms with E-state index in [-0.39, 0.29) is 18.9 Å². The van der Waals surface area contributed by atoms with Gasteiger partial charge in [0.2, 0.25) is 0 Å². The molecule has 19 heavy (non-hydrogen) atoms. The van der Waals surface area contributed by atoms with E-state index in [0.717, 1.165) is 0 Å². The zero-order chi connectivity index (χ0) is 14.7. The zero-order valence-corrected chi connectivity index (χ0v) is 16.2. The summed E-state index contributed by atoms with van der Waals surface area (Å²) in [6.07, 6.45) is -1.03. The van der Waals surface area contributed by atoms with Gasteiger partial charge in [0, 0.05) is 0 Å². The minimum absolute atomic E-state index is 0.342. The van der Waals surface area contributed by atoms with E-state index in [1.807, 2.05) is 41.5 Å². The van der Waals surface area contributed by atoms with Crippen molar-refractivity contribution in [2.24, 2.45) is 0 Å². The van der Waals surface area contributed by atoms with Crippen molar-refractivity contribution in [3.63, 3.8) is 0 Å². The first kappa shape index (κ1) is 19.6. The first-order valence-corrected chi connectivity index (χ1v) is 10.9. The van der Waals surface area contributed by atoms with Crippen LogP contribution in [0, 0.1) is 0 Å². The van der Waals surface area contributed by atoms with Gasteiger partial charge in [-0.25, -0.2) is 0 Å². The fourth-order valence-corrected chi connectivity index (χ4v) is 5.35. The van der Waals surface area contributed by atoms with E-state index in [2.05, 4.69) is 0 Å². The van der Waals surface area contributed by atoms with Crippen molar-refractivity contribution in [1.29, 1.82) is 0 Å². The van der Waals surface area contributed by atoms with Gasteiger partial charge in [-0.3, -0.25) is 0 Å². The Labute approximate surface area is 126 Å². The van der Waals surface area contributed by atoms with Gasteiger partial charge in [0.25, 0.3) is 0 Å². The van der Waals surface area contributed by atoms with E-state index in [9.17, 15) is 0 Å². The van der Waals surface area contributed by atoms with Crippen LogP contribution in [0.3, 0.4) is 0 Å². The second kappa shape index (κ2) is 12.4. The van der Waals surface area contributed by atoms with E-state index in [1.54, 1.807) is 0 Å². The third-order valence-electron chi connectivity index (χ3n) is 1.91. The molecular weight excluding hydrogens is 449 g/mol. The monoisotopic (exact) mass is 476 g/mol. The summed E-state index contributed by atoms with van der Waals surface area (Å²) in [5.41, 5.74) is 0. The summed E-state index contributed by atoms with van der Waals surface area (Å²) in [6, 6.07) is 0. The summed E-state index contributed by atoms with van der Waals surface area (Å²) >= 11 is -3.07. The van der Waals surface area contributed by atoms with Gasteiger partial charge in [-0.05, 0) is 0 Å². The van der Waals surface area contributed by atoms with Gasteiger partial charge in [-0.1, -0.05) is 0 Å². The predicted molar refractivity (Wildman–Crippen MR) is 72.3 cm³/mol. The first-order chi connectivity index (χ1) is 9.03. The Balaban J connectivity index is 4.28. The molecule has 3 atom stereocenters. The summed E-state index contributed by atoms with van der Waals surface area (Å²) in [5.74, 6) is 0. The summed E-state index contributed by atoms with van der Waals surface area (Å²) in [6.45, 7) is 13.0. The number of rotatable bonds is 12. The van der Waals surface area contributed by atoms with E-state index in [1.165, 1.54) is 0 Å². The quantitative estimate of drug-likeness (QED) is 0.318. The molecule has 0 radical (unpaired) electrons. The summed E-state index contributed by atoms with van der Waals surface area (Å²) < 4.78 is 33.1. The van der Waals surface area contributed by atoms with Gasteiger partial charge < -0.3 is 0 Å². The Hall–Kier alpha value is 0.643. The average Bonchev–Trinajstić information content (AvgIpc) is 2.29. The Kier molecular flexibility index (Phi) is 12.8. The van der Waals surface area contributed by atoms with Gasteiger partial charge in [0.15, 0.2) is 0 Å². The van der Waals surface area contributed by atoms with E-state index in [4.69, 9.17) is 22.7 Å². The third-order valence-corrected chi connectivity index (χ3v) is 7.38. The van der Waals surface area contributed by atoms with Crippen LogP contribution < -0.4 is 0 Å². The van der Waals surface area contributed by atoms with E-state index >= 15 is 0 Å². The van der Waals surface area contributed by atoms with Crippen molar-refractivity contribution in [3.05, 3.63) is 0 Å². The van der Waals surface area contributed by atoms with E-state index in [0.29, 0.717) is 19.8 Å². The molecule has 0 aliphatic heterocycles. The molecule has 116 valence electrons. The first-order valence-electron chi connectivity index (χ1n) is 6.68. The van der Waals surface area contributed by atoms with Crippen molar-refractivity contribution in [3.8, 4) is 0 Å². The fraction of sp³-hybridized carbons (Fsp3) is 1.00. The molecule has 0 saturated carbocycles. The molecule has 3 unspecified atom stereocenters. The van der Waals surface area contributed by atoms with Crippen molar-refractivity contribution < 1.29 is 22.7 Å². The molecule has 0 rings (SSSR count). The third kappa shape index (κ3) is 11.0. The fourth-order valence-electron chi connectivity index (χ4n) is 1.23. The molecule has 0 aliphatic carbocycles. The van der Waals surface area contributed by atoms with Gasteiger partial charge in [-0.15, -0.1) is 0 Å². The number of hydrogen-bond donors (Lipinski definition) is 0. The average molecular weight is 476 g/mol. The number of hydrogen-bond acceptors (Lipinski definition) is 6. The van der Waals surface area contributed by atoms with Crippen LogP contribution in [-0.2, 0) is 22.7 Å². The van der Waals surface area contributed by atoms with Crippen LogP contribution in [0.2, 0.25) is 0 Å². The molecule has 0 aromatic heterocycles. The van der Waals surface area contributed by atoms with Crippen LogP contribution in [-0.4, -0.2) is 61.8 Å². The molecule has 7 heteroatoms. The molecule has 0 spiro atoms. The number of ether oxygens (including phenoxy) is 3. The molecule has 0 fully saturated rings. The normalized spacial score (nSPS) is 16.6. The van der Waals surface area contributed by atoms with Crippen molar-refractivity contribution in [1.82, 2.24) is 0 Å². The van der Waals surface area contributed by atoms with Gasteiger partial charge in [-0.2, -0.15) is 0 Å². The Bertz CT molecular complexity index is 173. The predicted octanol–water partition coefficient (Wildman–Crippen LogP) is 2.17. The maximum atomic E-state index is 5.70. The van der Waals surface area contributed by atoms with Crippen LogP contribution in [0.25, 0.3) is 0 Å². The Morgan fingerprint density at radius 3 is 1.11 bits per heavy atom. The van der Waals surface area contributed by atoms with Crippen LogP contribution in [0.5, 0.6) is 0 Å². The topological polar surface area (TPSA) is 55.4 Å². The van der Waals surface area contributed by atoms with Crippen LogP contribution in [0.4, 0.5) is 0 Å². The molecular formula is C12H27BiO6. The molecule has 0 aromatic rings. The molecule has 0 saturated heterocycles. The molecule has 0 bridgehead atoms. The minimum atomic E-state index is -3.07.